The van der Waals surface area contributed by atoms with Crippen LogP contribution in [-0.4, -0.2) is 126 Å². The van der Waals surface area contributed by atoms with Crippen LogP contribution in [0.5, 0.6) is 0 Å². The van der Waals surface area contributed by atoms with Crippen LogP contribution in [0.25, 0.3) is 0 Å². The average Bonchev–Trinajstić information content (AvgIpc) is 3.52. The number of hydrogen-bond donors (Lipinski definition) is 3. The van der Waals surface area contributed by atoms with Gasteiger partial charge in [-0.2, -0.15) is 4.31 Å². The van der Waals surface area contributed by atoms with Crippen LogP contribution in [0.2, 0.25) is 5.02 Å². The number of likely N-dealkylation sites (tertiary alicyclic amines) is 1. The number of carbonyl (C=O) groups excluding carboxylic acids is 2. The summed E-state index contributed by atoms with van der Waals surface area (Å²) in [6.07, 6.45) is -6.22. The van der Waals surface area contributed by atoms with Gasteiger partial charge >= 0.3 is 0 Å². The molecular formula is C30H35ClF2N4O8S. The third kappa shape index (κ3) is 6.92. The molecule has 0 aliphatic carbocycles. The molecule has 4 heterocycles. The molecule has 16 heteroatoms. The van der Waals surface area contributed by atoms with Crippen molar-refractivity contribution in [2.24, 2.45) is 0 Å². The molecule has 0 radical (unpaired) electrons. The Bertz CT molecular complexity index is 1590. The quantitative estimate of drug-likeness (QED) is 0.419. The third-order valence-corrected chi connectivity index (χ3v) is 11.1. The van der Waals surface area contributed by atoms with Crippen LogP contribution in [0.15, 0.2) is 47.4 Å². The molecule has 7 atom stereocenters. The monoisotopic (exact) mass is 684 g/mol. The maximum absolute atomic E-state index is 14.3. The molecular weight excluding hydrogens is 650 g/mol. The zero-order valence-electron chi connectivity index (χ0n) is 24.7. The van der Waals surface area contributed by atoms with E-state index in [2.05, 4.69) is 5.32 Å². The number of aliphatic hydroxyl groups excluding tert-OH is 2. The molecule has 3 N–H and O–H groups in total. The molecule has 250 valence electrons. The van der Waals surface area contributed by atoms with Crippen molar-refractivity contribution in [3.63, 3.8) is 0 Å². The zero-order valence-corrected chi connectivity index (χ0v) is 26.2. The van der Waals surface area contributed by atoms with Gasteiger partial charge in [0.2, 0.25) is 21.8 Å². The molecule has 4 saturated heterocycles. The number of morpholine rings is 1. The van der Waals surface area contributed by atoms with Crippen molar-refractivity contribution in [2.45, 2.75) is 66.9 Å². The van der Waals surface area contributed by atoms with E-state index in [4.69, 9.17) is 21.1 Å². The first-order valence-electron chi connectivity index (χ1n) is 15.0. The minimum Gasteiger partial charge on any atom is -0.388 e. The Labute approximate surface area is 269 Å². The van der Waals surface area contributed by atoms with Crippen LogP contribution in [0.4, 0.5) is 8.78 Å². The van der Waals surface area contributed by atoms with Crippen LogP contribution in [0.1, 0.15) is 18.4 Å². The smallest absolute Gasteiger partial charge is 0.243 e. The number of nitrogens with one attached hydrogen (secondary N) is 1. The molecule has 6 rings (SSSR count). The van der Waals surface area contributed by atoms with Crippen molar-refractivity contribution < 1.29 is 46.5 Å². The molecule has 0 unspecified atom stereocenters. The lowest BCUT2D eigenvalue weighted by molar-refractivity contribution is -0.144. The lowest BCUT2D eigenvalue weighted by atomic mass is 10.0. The van der Waals surface area contributed by atoms with Gasteiger partial charge in [0.05, 0.1) is 41.2 Å². The highest BCUT2D eigenvalue weighted by molar-refractivity contribution is 7.89. The van der Waals surface area contributed by atoms with Crippen LogP contribution in [0, 0.1) is 11.6 Å². The van der Waals surface area contributed by atoms with Gasteiger partial charge in [0.25, 0.3) is 0 Å². The second-order valence-corrected chi connectivity index (χ2v) is 14.5. The molecule has 12 nitrogen and oxygen atoms in total. The minimum absolute atomic E-state index is 0.0308. The molecule has 6 bridgehead atoms. The van der Waals surface area contributed by atoms with E-state index in [1.165, 1.54) is 24.3 Å². The number of benzene rings is 2. The summed E-state index contributed by atoms with van der Waals surface area (Å²) >= 11 is 5.86. The Balaban J connectivity index is 1.31. The van der Waals surface area contributed by atoms with E-state index in [0.717, 1.165) is 16.4 Å². The predicted molar refractivity (Wildman–Crippen MR) is 159 cm³/mol. The zero-order chi connectivity index (χ0) is 32.7. The van der Waals surface area contributed by atoms with E-state index >= 15 is 0 Å². The average molecular weight is 685 g/mol. The highest BCUT2D eigenvalue weighted by Gasteiger charge is 2.47. The normalized spacial score (nSPS) is 31.7. The van der Waals surface area contributed by atoms with Gasteiger partial charge in [0, 0.05) is 45.3 Å². The number of halogens is 3. The van der Waals surface area contributed by atoms with Crippen molar-refractivity contribution in [1.82, 2.24) is 19.4 Å². The number of nitrogens with zero attached hydrogens (tertiary/aromatic N) is 3. The highest BCUT2D eigenvalue weighted by atomic mass is 35.5. The second kappa shape index (κ2) is 13.4. The van der Waals surface area contributed by atoms with Gasteiger partial charge in [0.15, 0.2) is 0 Å². The maximum Gasteiger partial charge on any atom is 0.243 e. The predicted octanol–water partition coefficient (Wildman–Crippen LogP) is 0.489. The molecule has 0 saturated carbocycles. The summed E-state index contributed by atoms with van der Waals surface area (Å²) in [5.41, 5.74) is 0.582. The van der Waals surface area contributed by atoms with Crippen molar-refractivity contribution in [2.75, 3.05) is 39.3 Å². The van der Waals surface area contributed by atoms with Gasteiger partial charge in [-0.05, 0) is 42.3 Å². The molecule has 2 aromatic carbocycles. The first-order valence-corrected chi connectivity index (χ1v) is 16.9. The minimum atomic E-state index is -4.38. The molecule has 4 aliphatic rings. The third-order valence-electron chi connectivity index (χ3n) is 8.95. The SMILES string of the molecule is O=C1C[C@@H]2O[C@H](CN(S(=O)(=O)c3cccc(F)c3)C[C@@H]3CN(CCO3)C(=O)[C@@H]3C[C@@H](CN3Cc3ccc(Cl)c(F)c3)N1)[C@@H](O)[C@H]2O. The number of fused-ring (bicyclic) bond motifs is 6. The second-order valence-electron chi connectivity index (χ2n) is 12.1. The van der Waals surface area contributed by atoms with E-state index in [1.54, 1.807) is 11.0 Å². The van der Waals surface area contributed by atoms with Crippen LogP contribution >= 0.6 is 11.6 Å². The number of rotatable bonds is 4. The summed E-state index contributed by atoms with van der Waals surface area (Å²) in [7, 11) is -4.38. The van der Waals surface area contributed by atoms with Gasteiger partial charge < -0.3 is 29.9 Å². The highest BCUT2D eigenvalue weighted by Crippen LogP contribution is 2.30. The Kier molecular flexibility index (Phi) is 9.65. The molecule has 2 amide bonds. The number of sulfonamides is 1. The van der Waals surface area contributed by atoms with Crippen molar-refractivity contribution in [1.29, 1.82) is 0 Å². The summed E-state index contributed by atoms with van der Waals surface area (Å²) in [6, 6.07) is 7.73. The number of ether oxygens (including phenoxy) is 2. The fourth-order valence-corrected chi connectivity index (χ4v) is 8.28. The molecule has 4 aliphatic heterocycles. The fraction of sp³-hybridized carbons (Fsp3) is 0.533. The number of carbonyl (C=O) groups is 2. The van der Waals surface area contributed by atoms with Crippen LogP contribution in [0.3, 0.4) is 0 Å². The van der Waals surface area contributed by atoms with Gasteiger partial charge in [-0.1, -0.05) is 23.7 Å². The van der Waals surface area contributed by atoms with Crippen LogP contribution < -0.4 is 5.32 Å². The number of hydrogen-bond acceptors (Lipinski definition) is 9. The Hall–Kier alpha value is -2.76. The number of amides is 2. The molecule has 0 aromatic heterocycles. The van der Waals surface area contributed by atoms with Gasteiger partial charge in [-0.15, -0.1) is 0 Å². The van der Waals surface area contributed by atoms with E-state index in [1.807, 2.05) is 4.90 Å². The van der Waals surface area contributed by atoms with Gasteiger partial charge in [-0.25, -0.2) is 17.2 Å². The van der Waals surface area contributed by atoms with E-state index < -0.39 is 76.7 Å². The molecule has 0 spiro atoms. The molecule has 2 aromatic rings. The van der Waals surface area contributed by atoms with Gasteiger partial charge in [0.1, 0.15) is 29.9 Å². The topological polar surface area (TPSA) is 149 Å². The molecule has 4 fully saturated rings. The standard InChI is InChI=1S/C30H35ClF2N4O8S/c31-22-5-4-17(8-23(22)33)12-36-13-19-10-24(36)30(41)35-6-7-44-20(14-35)15-37(46(42,43)21-3-1-2-18(32)9-21)16-26-29(40)28(39)25(45-26)11-27(38)34-19/h1-5,8-9,19-20,24-26,28-29,39-40H,6-7,10-16H2,(H,34,38)/t19-,20-,24-,25-,26+,28-,29+/m0/s1. The Morgan fingerprint density at radius 1 is 1.00 bits per heavy atom. The van der Waals surface area contributed by atoms with E-state index in [-0.39, 0.29) is 68.0 Å². The van der Waals surface area contributed by atoms with Gasteiger partial charge in [-0.3, -0.25) is 14.5 Å². The summed E-state index contributed by atoms with van der Waals surface area (Å²) in [4.78, 5) is 30.2. The van der Waals surface area contributed by atoms with E-state index in [0.29, 0.717) is 5.56 Å². The van der Waals surface area contributed by atoms with Crippen molar-refractivity contribution in [3.8, 4) is 0 Å². The fourth-order valence-electron chi connectivity index (χ4n) is 6.64. The largest absolute Gasteiger partial charge is 0.388 e. The molecule has 46 heavy (non-hydrogen) atoms. The summed E-state index contributed by atoms with van der Waals surface area (Å²) in [5, 5.41) is 24.5. The first-order chi connectivity index (χ1) is 21.9. The number of aliphatic hydroxyl groups is 2. The van der Waals surface area contributed by atoms with Crippen LogP contribution in [-0.2, 0) is 35.6 Å². The summed E-state index contributed by atoms with van der Waals surface area (Å²) in [6.45, 7) is 0.160. The lowest BCUT2D eigenvalue weighted by Gasteiger charge is -2.38. The summed E-state index contributed by atoms with van der Waals surface area (Å²) in [5.74, 6) is -2.10. The van der Waals surface area contributed by atoms with E-state index in [9.17, 15) is 37.0 Å². The first kappa shape index (κ1) is 33.2. The maximum atomic E-state index is 14.3. The summed E-state index contributed by atoms with van der Waals surface area (Å²) < 4.78 is 68.7. The Morgan fingerprint density at radius 3 is 2.54 bits per heavy atom. The van der Waals surface area contributed by atoms with Crippen molar-refractivity contribution in [3.05, 3.63) is 64.7 Å². The lowest BCUT2D eigenvalue weighted by Crippen LogP contribution is -2.55. The van der Waals surface area contributed by atoms with Crippen molar-refractivity contribution >= 4 is 33.4 Å². The Morgan fingerprint density at radius 2 is 1.78 bits per heavy atom.